The third kappa shape index (κ3) is 3.64. The minimum absolute atomic E-state index is 0.0211. The number of benzene rings is 1. The minimum Gasteiger partial charge on any atom is -0.398 e. The maximum Gasteiger partial charge on any atom is 0.264 e. The summed E-state index contributed by atoms with van der Waals surface area (Å²) in [4.78, 5) is 15.8. The van der Waals surface area contributed by atoms with Crippen molar-refractivity contribution in [2.75, 3.05) is 12.8 Å². The lowest BCUT2D eigenvalue weighted by Gasteiger charge is -2.17. The minimum atomic E-state index is 0.0211. The highest BCUT2D eigenvalue weighted by atomic mass is 32.1. The Bertz CT molecular complexity index is 609. The van der Waals surface area contributed by atoms with Gasteiger partial charge in [-0.25, -0.2) is 0 Å². The van der Waals surface area contributed by atoms with E-state index in [0.717, 1.165) is 10.4 Å². The second-order valence-electron chi connectivity index (χ2n) is 5.68. The molecule has 1 heterocycles. The molecular formula is C17H22N2OS. The molecule has 1 amide bonds. The lowest BCUT2D eigenvalue weighted by atomic mass is 10.0. The number of nitrogens with two attached hydrogens (primary N) is 1. The molecule has 2 aromatic rings. The van der Waals surface area contributed by atoms with Gasteiger partial charge in [0, 0.05) is 24.2 Å². The van der Waals surface area contributed by atoms with Crippen LogP contribution in [0.5, 0.6) is 0 Å². The van der Waals surface area contributed by atoms with Crippen LogP contribution in [-0.4, -0.2) is 17.9 Å². The SMILES string of the molecule is Cc1sc(C(=O)N(C)Cc2ccc(C(C)C)cc2)cc1N. The number of nitrogens with zero attached hydrogens (tertiary/aromatic N) is 1. The topological polar surface area (TPSA) is 46.3 Å². The van der Waals surface area contributed by atoms with Gasteiger partial charge >= 0.3 is 0 Å². The predicted octanol–water partition coefficient (Wildman–Crippen LogP) is 4.03. The van der Waals surface area contributed by atoms with Gasteiger partial charge in [-0.15, -0.1) is 11.3 Å². The van der Waals surface area contributed by atoms with E-state index in [1.807, 2.05) is 14.0 Å². The normalized spacial score (nSPS) is 10.9. The largest absolute Gasteiger partial charge is 0.398 e. The van der Waals surface area contributed by atoms with Gasteiger partial charge in [-0.05, 0) is 30.0 Å². The maximum absolute atomic E-state index is 12.4. The third-order valence-electron chi connectivity index (χ3n) is 3.58. The van der Waals surface area contributed by atoms with E-state index >= 15 is 0 Å². The second kappa shape index (κ2) is 6.31. The average molecular weight is 302 g/mol. The summed E-state index contributed by atoms with van der Waals surface area (Å²) in [5.74, 6) is 0.545. The number of hydrogen-bond acceptors (Lipinski definition) is 3. The number of rotatable bonds is 4. The smallest absolute Gasteiger partial charge is 0.264 e. The van der Waals surface area contributed by atoms with Crippen molar-refractivity contribution in [1.82, 2.24) is 4.90 Å². The van der Waals surface area contributed by atoms with E-state index < -0.39 is 0 Å². The fourth-order valence-electron chi connectivity index (χ4n) is 2.14. The van der Waals surface area contributed by atoms with Gasteiger partial charge in [-0.3, -0.25) is 4.79 Å². The molecular weight excluding hydrogens is 280 g/mol. The van der Waals surface area contributed by atoms with E-state index in [-0.39, 0.29) is 5.91 Å². The Morgan fingerprint density at radius 1 is 1.29 bits per heavy atom. The van der Waals surface area contributed by atoms with Crippen LogP contribution < -0.4 is 5.73 Å². The van der Waals surface area contributed by atoms with Crippen LogP contribution in [0.15, 0.2) is 30.3 Å². The molecule has 0 unspecified atom stereocenters. The molecule has 0 aliphatic heterocycles. The number of amides is 1. The van der Waals surface area contributed by atoms with Crippen molar-refractivity contribution in [2.45, 2.75) is 33.2 Å². The molecule has 2 rings (SSSR count). The Hall–Kier alpha value is -1.81. The molecule has 2 N–H and O–H groups in total. The molecule has 0 bridgehead atoms. The summed E-state index contributed by atoms with van der Waals surface area (Å²) < 4.78 is 0. The molecule has 1 aromatic heterocycles. The fourth-order valence-corrected chi connectivity index (χ4v) is 3.08. The van der Waals surface area contributed by atoms with Gasteiger partial charge in [0.1, 0.15) is 0 Å². The van der Waals surface area contributed by atoms with E-state index in [9.17, 15) is 4.79 Å². The average Bonchev–Trinajstić information content (AvgIpc) is 2.78. The quantitative estimate of drug-likeness (QED) is 0.926. The van der Waals surface area contributed by atoms with Crippen LogP contribution in [-0.2, 0) is 6.54 Å². The molecule has 1 aromatic carbocycles. The Kier molecular flexibility index (Phi) is 4.68. The fraction of sp³-hybridized carbons (Fsp3) is 0.353. The Morgan fingerprint density at radius 3 is 2.38 bits per heavy atom. The number of thiophene rings is 1. The summed E-state index contributed by atoms with van der Waals surface area (Å²) in [5.41, 5.74) is 8.96. The van der Waals surface area contributed by atoms with Crippen LogP contribution in [0.3, 0.4) is 0 Å². The first-order valence-electron chi connectivity index (χ1n) is 7.08. The first kappa shape index (κ1) is 15.6. The van der Waals surface area contributed by atoms with Crippen molar-refractivity contribution >= 4 is 22.9 Å². The van der Waals surface area contributed by atoms with Crippen LogP contribution in [0.4, 0.5) is 5.69 Å². The van der Waals surface area contributed by atoms with Crippen LogP contribution in [0, 0.1) is 6.92 Å². The van der Waals surface area contributed by atoms with Gasteiger partial charge in [-0.2, -0.15) is 0 Å². The third-order valence-corrected chi connectivity index (χ3v) is 4.63. The van der Waals surface area contributed by atoms with Gasteiger partial charge in [-0.1, -0.05) is 38.1 Å². The number of hydrogen-bond donors (Lipinski definition) is 1. The second-order valence-corrected chi connectivity index (χ2v) is 6.94. The molecule has 0 saturated carbocycles. The summed E-state index contributed by atoms with van der Waals surface area (Å²) in [7, 11) is 1.82. The number of carbonyl (C=O) groups is 1. The Labute approximate surface area is 130 Å². The zero-order valence-electron chi connectivity index (χ0n) is 13.0. The number of anilines is 1. The lowest BCUT2D eigenvalue weighted by molar-refractivity contribution is 0.0790. The van der Waals surface area contributed by atoms with Crippen molar-refractivity contribution in [3.05, 3.63) is 51.2 Å². The van der Waals surface area contributed by atoms with Crippen LogP contribution in [0.2, 0.25) is 0 Å². The zero-order valence-corrected chi connectivity index (χ0v) is 13.8. The van der Waals surface area contributed by atoms with Gasteiger partial charge in [0.2, 0.25) is 0 Å². The summed E-state index contributed by atoms with van der Waals surface area (Å²) in [6.45, 7) is 6.89. The van der Waals surface area contributed by atoms with Crippen molar-refractivity contribution in [1.29, 1.82) is 0 Å². The molecule has 0 fully saturated rings. The van der Waals surface area contributed by atoms with E-state index in [1.165, 1.54) is 16.9 Å². The molecule has 0 aliphatic carbocycles. The highest BCUT2D eigenvalue weighted by molar-refractivity contribution is 7.14. The molecule has 21 heavy (non-hydrogen) atoms. The molecule has 0 atom stereocenters. The highest BCUT2D eigenvalue weighted by Gasteiger charge is 2.15. The summed E-state index contributed by atoms with van der Waals surface area (Å²) in [6.07, 6.45) is 0. The molecule has 0 aliphatic rings. The van der Waals surface area contributed by atoms with Gasteiger partial charge < -0.3 is 10.6 Å². The first-order valence-corrected chi connectivity index (χ1v) is 7.90. The standard InChI is InChI=1S/C17H22N2OS/c1-11(2)14-7-5-13(6-8-14)10-19(4)17(20)16-9-15(18)12(3)21-16/h5-9,11H,10,18H2,1-4H3. The maximum atomic E-state index is 12.4. The van der Waals surface area contributed by atoms with E-state index in [4.69, 9.17) is 5.73 Å². The van der Waals surface area contributed by atoms with Crippen LogP contribution >= 0.6 is 11.3 Å². The first-order chi connectivity index (χ1) is 9.88. The molecule has 0 saturated heterocycles. The van der Waals surface area contributed by atoms with Crippen molar-refractivity contribution in [3.63, 3.8) is 0 Å². The van der Waals surface area contributed by atoms with E-state index in [1.54, 1.807) is 11.0 Å². The highest BCUT2D eigenvalue weighted by Crippen LogP contribution is 2.25. The summed E-state index contributed by atoms with van der Waals surface area (Å²) in [5, 5.41) is 0. The van der Waals surface area contributed by atoms with Crippen molar-refractivity contribution in [2.24, 2.45) is 0 Å². The lowest BCUT2D eigenvalue weighted by Crippen LogP contribution is -2.25. The van der Waals surface area contributed by atoms with Gasteiger partial charge in [0.05, 0.1) is 4.88 Å². The van der Waals surface area contributed by atoms with Crippen molar-refractivity contribution in [3.8, 4) is 0 Å². The van der Waals surface area contributed by atoms with Gasteiger partial charge in [0.25, 0.3) is 5.91 Å². The number of nitrogen functional groups attached to an aromatic ring is 1. The zero-order chi connectivity index (χ0) is 15.6. The predicted molar refractivity (Wildman–Crippen MR) is 89.8 cm³/mol. The van der Waals surface area contributed by atoms with Crippen molar-refractivity contribution < 1.29 is 4.79 Å². The molecule has 112 valence electrons. The number of aryl methyl sites for hydroxylation is 1. The van der Waals surface area contributed by atoms with E-state index in [2.05, 4.69) is 38.1 Å². The molecule has 4 heteroatoms. The Morgan fingerprint density at radius 2 is 1.90 bits per heavy atom. The summed E-state index contributed by atoms with van der Waals surface area (Å²) in [6, 6.07) is 10.2. The van der Waals surface area contributed by atoms with Crippen LogP contribution in [0.25, 0.3) is 0 Å². The monoisotopic (exact) mass is 302 g/mol. The van der Waals surface area contributed by atoms with Crippen LogP contribution in [0.1, 0.15) is 45.4 Å². The molecule has 0 spiro atoms. The number of carbonyl (C=O) groups excluding carboxylic acids is 1. The Balaban J connectivity index is 2.06. The van der Waals surface area contributed by atoms with E-state index in [0.29, 0.717) is 23.0 Å². The molecule has 0 radical (unpaired) electrons. The molecule has 3 nitrogen and oxygen atoms in total. The van der Waals surface area contributed by atoms with Gasteiger partial charge in [0.15, 0.2) is 0 Å². The summed E-state index contributed by atoms with van der Waals surface area (Å²) >= 11 is 1.45.